The highest BCUT2D eigenvalue weighted by atomic mass is 32.1. The van der Waals surface area contributed by atoms with E-state index < -0.39 is 11.7 Å². The van der Waals surface area contributed by atoms with Gasteiger partial charge in [0.15, 0.2) is 6.10 Å². The summed E-state index contributed by atoms with van der Waals surface area (Å²) in [5.74, 6) is -0.323. The predicted octanol–water partition coefficient (Wildman–Crippen LogP) is 7.19. The van der Waals surface area contributed by atoms with Gasteiger partial charge in [0.2, 0.25) is 0 Å². The van der Waals surface area contributed by atoms with E-state index in [2.05, 4.69) is 37.3 Å². The number of hydrogen-bond acceptors (Lipinski definition) is 6. The SMILES string of the molecule is CCOC(=O)C(OC(C)(C)C)c1c(C)sc(-c2ccsn2)c1C1=CCC(C)(C)CC1. The first-order valence-electron chi connectivity index (χ1n) is 10.6. The standard InChI is InChI=1S/C24H33NO3S2/c1-8-27-22(26)20(28-23(3,4)5)18-15(2)30-21(17-11-14-29-25-17)19(18)16-9-12-24(6,7)13-10-16/h9,11,14,20H,8,10,12-13H2,1-7H3. The number of carbonyl (C=O) groups is 1. The minimum atomic E-state index is -0.751. The normalized spacial score (nSPS) is 17.5. The van der Waals surface area contributed by atoms with Gasteiger partial charge in [-0.25, -0.2) is 4.79 Å². The van der Waals surface area contributed by atoms with E-state index in [4.69, 9.17) is 9.47 Å². The highest BCUT2D eigenvalue weighted by molar-refractivity contribution is 7.16. The lowest BCUT2D eigenvalue weighted by atomic mass is 9.76. The average molecular weight is 448 g/mol. The zero-order valence-corrected chi connectivity index (χ0v) is 20.8. The van der Waals surface area contributed by atoms with Crippen LogP contribution in [0, 0.1) is 12.3 Å². The molecule has 1 aliphatic carbocycles. The summed E-state index contributed by atoms with van der Waals surface area (Å²) in [7, 11) is 0. The van der Waals surface area contributed by atoms with Crippen molar-refractivity contribution in [3.8, 4) is 10.6 Å². The molecular weight excluding hydrogens is 414 g/mol. The van der Waals surface area contributed by atoms with Gasteiger partial charge in [-0.2, -0.15) is 4.37 Å². The number of allylic oxidation sites excluding steroid dienone is 2. The molecule has 30 heavy (non-hydrogen) atoms. The van der Waals surface area contributed by atoms with Crippen molar-refractivity contribution < 1.29 is 14.3 Å². The molecule has 0 saturated heterocycles. The molecule has 0 bridgehead atoms. The van der Waals surface area contributed by atoms with Gasteiger partial charge in [-0.05, 0) is 82.5 Å². The summed E-state index contributed by atoms with van der Waals surface area (Å²) >= 11 is 3.15. The fourth-order valence-electron chi connectivity index (χ4n) is 3.80. The third-order valence-electron chi connectivity index (χ3n) is 5.33. The van der Waals surface area contributed by atoms with Crippen molar-refractivity contribution in [3.63, 3.8) is 0 Å². The van der Waals surface area contributed by atoms with Crippen molar-refractivity contribution in [1.82, 2.24) is 4.37 Å². The summed E-state index contributed by atoms with van der Waals surface area (Å²) in [6.07, 6.45) is 4.73. The van der Waals surface area contributed by atoms with Gasteiger partial charge in [0.05, 0.1) is 22.8 Å². The Morgan fingerprint density at radius 1 is 1.33 bits per heavy atom. The van der Waals surface area contributed by atoms with Crippen molar-refractivity contribution >= 4 is 34.4 Å². The first-order chi connectivity index (χ1) is 14.0. The molecule has 0 fully saturated rings. The lowest BCUT2D eigenvalue weighted by Gasteiger charge is -2.31. The summed E-state index contributed by atoms with van der Waals surface area (Å²) in [6.45, 7) is 14.8. The van der Waals surface area contributed by atoms with Crippen LogP contribution in [-0.4, -0.2) is 22.6 Å². The Morgan fingerprint density at radius 3 is 2.60 bits per heavy atom. The highest BCUT2D eigenvalue weighted by Crippen LogP contribution is 2.48. The topological polar surface area (TPSA) is 48.4 Å². The fraction of sp³-hybridized carbons (Fsp3) is 0.583. The van der Waals surface area contributed by atoms with Crippen LogP contribution < -0.4 is 0 Å². The van der Waals surface area contributed by atoms with Crippen LogP contribution >= 0.6 is 22.9 Å². The maximum Gasteiger partial charge on any atom is 0.340 e. The smallest absolute Gasteiger partial charge is 0.340 e. The van der Waals surface area contributed by atoms with Crippen LogP contribution in [-0.2, 0) is 14.3 Å². The van der Waals surface area contributed by atoms with Crippen LogP contribution in [0.5, 0.6) is 0 Å². The van der Waals surface area contributed by atoms with E-state index in [0.29, 0.717) is 12.0 Å². The third kappa shape index (κ3) is 5.21. The lowest BCUT2D eigenvalue weighted by molar-refractivity contribution is -0.166. The van der Waals surface area contributed by atoms with Gasteiger partial charge >= 0.3 is 5.97 Å². The Hall–Kier alpha value is -1.50. The molecule has 6 heteroatoms. The molecule has 0 radical (unpaired) electrons. The molecule has 0 aliphatic heterocycles. The molecule has 2 aromatic heterocycles. The van der Waals surface area contributed by atoms with Gasteiger partial charge in [0.1, 0.15) is 0 Å². The average Bonchev–Trinajstić information content (AvgIpc) is 3.27. The van der Waals surface area contributed by atoms with Gasteiger partial charge in [0.25, 0.3) is 0 Å². The van der Waals surface area contributed by atoms with Crippen LogP contribution in [0.2, 0.25) is 0 Å². The second-order valence-corrected chi connectivity index (χ2v) is 11.5. The maximum absolute atomic E-state index is 13.0. The molecule has 2 heterocycles. The Labute approximate surface area is 188 Å². The summed E-state index contributed by atoms with van der Waals surface area (Å²) in [5.41, 5.74) is 4.16. The molecule has 1 atom stereocenters. The maximum atomic E-state index is 13.0. The van der Waals surface area contributed by atoms with E-state index >= 15 is 0 Å². The zero-order valence-electron chi connectivity index (χ0n) is 19.1. The summed E-state index contributed by atoms with van der Waals surface area (Å²) in [5, 5.41) is 2.00. The van der Waals surface area contributed by atoms with Crippen molar-refractivity contribution in [3.05, 3.63) is 33.5 Å². The number of aromatic nitrogens is 1. The van der Waals surface area contributed by atoms with Crippen LogP contribution in [0.1, 0.15) is 82.9 Å². The molecule has 1 unspecified atom stereocenters. The number of aryl methyl sites for hydroxylation is 1. The predicted molar refractivity (Wildman–Crippen MR) is 126 cm³/mol. The van der Waals surface area contributed by atoms with E-state index in [1.807, 2.05) is 33.1 Å². The van der Waals surface area contributed by atoms with Crippen LogP contribution in [0.4, 0.5) is 0 Å². The molecule has 2 aromatic rings. The summed E-state index contributed by atoms with van der Waals surface area (Å²) in [4.78, 5) is 15.2. The number of rotatable bonds is 6. The number of nitrogens with zero attached hydrogens (tertiary/aromatic N) is 1. The highest BCUT2D eigenvalue weighted by Gasteiger charge is 2.36. The van der Waals surface area contributed by atoms with Crippen molar-refractivity contribution in [1.29, 1.82) is 0 Å². The van der Waals surface area contributed by atoms with Crippen LogP contribution in [0.25, 0.3) is 16.1 Å². The van der Waals surface area contributed by atoms with Crippen molar-refractivity contribution in [2.45, 2.75) is 79.4 Å². The van der Waals surface area contributed by atoms with Gasteiger partial charge in [-0.3, -0.25) is 0 Å². The number of hydrogen-bond donors (Lipinski definition) is 0. The van der Waals surface area contributed by atoms with E-state index in [0.717, 1.165) is 45.8 Å². The molecule has 0 amide bonds. The Morgan fingerprint density at radius 2 is 2.07 bits per heavy atom. The monoisotopic (exact) mass is 447 g/mol. The number of ether oxygens (including phenoxy) is 2. The van der Waals surface area contributed by atoms with Crippen molar-refractivity contribution in [2.75, 3.05) is 6.61 Å². The molecule has 0 N–H and O–H groups in total. The quantitative estimate of drug-likeness (QED) is 0.440. The zero-order chi connectivity index (χ0) is 22.1. The first-order valence-corrected chi connectivity index (χ1v) is 12.3. The van der Waals surface area contributed by atoms with Gasteiger partial charge < -0.3 is 9.47 Å². The molecule has 0 aromatic carbocycles. The fourth-order valence-corrected chi connectivity index (χ4v) is 5.56. The molecule has 4 nitrogen and oxygen atoms in total. The molecule has 164 valence electrons. The molecule has 0 saturated carbocycles. The Bertz CT molecular complexity index is 917. The van der Waals surface area contributed by atoms with E-state index in [-0.39, 0.29) is 5.97 Å². The minimum absolute atomic E-state index is 0.304. The van der Waals surface area contributed by atoms with Crippen LogP contribution in [0.3, 0.4) is 0 Å². The van der Waals surface area contributed by atoms with E-state index in [1.165, 1.54) is 17.1 Å². The number of thiophene rings is 1. The van der Waals surface area contributed by atoms with Crippen molar-refractivity contribution in [2.24, 2.45) is 5.41 Å². The van der Waals surface area contributed by atoms with Gasteiger partial charge in [-0.15, -0.1) is 11.3 Å². The van der Waals surface area contributed by atoms with E-state index in [9.17, 15) is 4.79 Å². The molecule has 3 rings (SSSR count). The molecule has 0 spiro atoms. The van der Waals surface area contributed by atoms with Gasteiger partial charge in [-0.1, -0.05) is 19.9 Å². The summed E-state index contributed by atoms with van der Waals surface area (Å²) < 4.78 is 16.4. The minimum Gasteiger partial charge on any atom is -0.464 e. The van der Waals surface area contributed by atoms with Crippen LogP contribution in [0.15, 0.2) is 17.5 Å². The number of esters is 1. The third-order valence-corrected chi connectivity index (χ3v) is 7.03. The lowest BCUT2D eigenvalue weighted by Crippen LogP contribution is -2.29. The van der Waals surface area contributed by atoms with Gasteiger partial charge in [0, 0.05) is 21.4 Å². The Kier molecular flexibility index (Phi) is 6.90. The second kappa shape index (κ2) is 8.93. The molecular formula is C24H33NO3S2. The largest absolute Gasteiger partial charge is 0.464 e. The Balaban J connectivity index is 2.19. The summed E-state index contributed by atoms with van der Waals surface area (Å²) in [6, 6.07) is 2.06. The molecule has 1 aliphatic rings. The number of carbonyl (C=O) groups excluding carboxylic acids is 1. The first kappa shape index (κ1) is 23.2. The second-order valence-electron chi connectivity index (χ2n) is 9.62. The van der Waals surface area contributed by atoms with E-state index in [1.54, 1.807) is 11.3 Å².